The fraction of sp³-hybridized carbons (Fsp3) is 0.769. The Morgan fingerprint density at radius 3 is 3.11 bits per heavy atom. The zero-order valence-corrected chi connectivity index (χ0v) is 10.5. The molecule has 0 radical (unpaired) electrons. The Kier molecular flexibility index (Phi) is 3.03. The van der Waals surface area contributed by atoms with E-state index in [2.05, 4.69) is 9.88 Å². The molecule has 2 N–H and O–H groups in total. The van der Waals surface area contributed by atoms with Crippen LogP contribution in [-0.4, -0.2) is 33.9 Å². The van der Waals surface area contributed by atoms with Crippen molar-refractivity contribution >= 4 is 6.01 Å². The van der Waals surface area contributed by atoms with Crippen molar-refractivity contribution < 1.29 is 14.6 Å². The average molecular weight is 252 g/mol. The van der Waals surface area contributed by atoms with E-state index < -0.39 is 5.60 Å². The van der Waals surface area contributed by atoms with Crippen molar-refractivity contribution in [1.29, 1.82) is 0 Å². The molecule has 1 aromatic rings. The molecule has 2 atom stereocenters. The molecule has 1 aliphatic carbocycles. The molecule has 1 saturated carbocycles. The minimum Gasteiger partial charge on any atom is -0.432 e. The molecular weight excluding hydrogens is 232 g/mol. The van der Waals surface area contributed by atoms with Crippen molar-refractivity contribution in [3.8, 4) is 0 Å². The van der Waals surface area contributed by atoms with E-state index in [1.54, 1.807) is 0 Å². The van der Waals surface area contributed by atoms with E-state index >= 15 is 0 Å². The van der Waals surface area contributed by atoms with Gasteiger partial charge in [0.05, 0.1) is 12.2 Å². The maximum absolute atomic E-state index is 10.6. The third kappa shape index (κ3) is 2.01. The molecule has 0 aromatic carbocycles. The Labute approximate surface area is 106 Å². The van der Waals surface area contributed by atoms with E-state index in [4.69, 9.17) is 9.52 Å². The van der Waals surface area contributed by atoms with Gasteiger partial charge in [0, 0.05) is 19.0 Å². The Bertz CT molecular complexity index is 420. The molecule has 1 saturated heterocycles. The third-order valence-corrected chi connectivity index (χ3v) is 4.40. The molecular formula is C13H20N2O3. The predicted molar refractivity (Wildman–Crippen MR) is 66.2 cm³/mol. The van der Waals surface area contributed by atoms with Crippen molar-refractivity contribution in [2.24, 2.45) is 5.92 Å². The standard InChI is InChI=1S/C13H20N2O3/c16-8-11-9-18-12(14-11)15-6-5-13(17)4-2-1-3-10(13)7-15/h9-10,16-17H,1-8H2. The van der Waals surface area contributed by atoms with Crippen LogP contribution in [0, 0.1) is 5.92 Å². The van der Waals surface area contributed by atoms with Gasteiger partial charge in [0.1, 0.15) is 12.0 Å². The molecule has 2 unspecified atom stereocenters. The van der Waals surface area contributed by atoms with Gasteiger partial charge in [-0.05, 0) is 19.3 Å². The molecule has 18 heavy (non-hydrogen) atoms. The molecule has 0 amide bonds. The lowest BCUT2D eigenvalue weighted by Gasteiger charge is -2.46. The predicted octanol–water partition coefficient (Wildman–Crippen LogP) is 1.30. The second-order valence-corrected chi connectivity index (χ2v) is 5.52. The fourth-order valence-corrected chi connectivity index (χ4v) is 3.26. The number of piperidine rings is 1. The van der Waals surface area contributed by atoms with Gasteiger partial charge in [-0.1, -0.05) is 12.8 Å². The largest absolute Gasteiger partial charge is 0.432 e. The molecule has 2 aliphatic rings. The van der Waals surface area contributed by atoms with Crippen molar-refractivity contribution in [2.45, 2.75) is 44.3 Å². The molecule has 5 heteroatoms. The Hall–Kier alpha value is -1.07. The summed E-state index contributed by atoms with van der Waals surface area (Å²) in [4.78, 5) is 6.33. The first kappa shape index (κ1) is 12.0. The van der Waals surface area contributed by atoms with Gasteiger partial charge in [-0.3, -0.25) is 0 Å². The maximum Gasteiger partial charge on any atom is 0.297 e. The van der Waals surface area contributed by atoms with E-state index in [-0.39, 0.29) is 6.61 Å². The summed E-state index contributed by atoms with van der Waals surface area (Å²) in [5.41, 5.74) is 0.0933. The zero-order valence-electron chi connectivity index (χ0n) is 10.5. The molecule has 1 aromatic heterocycles. The van der Waals surface area contributed by atoms with Gasteiger partial charge >= 0.3 is 0 Å². The van der Waals surface area contributed by atoms with Crippen LogP contribution >= 0.6 is 0 Å². The third-order valence-electron chi connectivity index (χ3n) is 4.40. The van der Waals surface area contributed by atoms with Crippen LogP contribution in [0.25, 0.3) is 0 Å². The minimum absolute atomic E-state index is 0.0926. The van der Waals surface area contributed by atoms with Crippen LogP contribution in [0.15, 0.2) is 10.7 Å². The number of nitrogens with zero attached hydrogens (tertiary/aromatic N) is 2. The molecule has 3 rings (SSSR count). The molecule has 1 aliphatic heterocycles. The lowest BCUT2D eigenvalue weighted by atomic mass is 9.71. The first-order valence-electron chi connectivity index (χ1n) is 6.74. The lowest BCUT2D eigenvalue weighted by Crippen LogP contribution is -2.53. The van der Waals surface area contributed by atoms with Crippen LogP contribution in [0.4, 0.5) is 6.01 Å². The summed E-state index contributed by atoms with van der Waals surface area (Å²) in [5.74, 6) is 0.324. The highest BCUT2D eigenvalue weighted by atomic mass is 16.4. The van der Waals surface area contributed by atoms with Crippen LogP contribution in [-0.2, 0) is 6.61 Å². The van der Waals surface area contributed by atoms with Crippen LogP contribution in [0.1, 0.15) is 37.8 Å². The van der Waals surface area contributed by atoms with E-state index in [0.717, 1.165) is 38.8 Å². The highest BCUT2D eigenvalue weighted by Crippen LogP contribution is 2.40. The lowest BCUT2D eigenvalue weighted by molar-refractivity contribution is -0.0618. The van der Waals surface area contributed by atoms with Crippen LogP contribution in [0.3, 0.4) is 0 Å². The first-order valence-corrected chi connectivity index (χ1v) is 6.74. The topological polar surface area (TPSA) is 69.7 Å². The van der Waals surface area contributed by atoms with Crippen molar-refractivity contribution in [2.75, 3.05) is 18.0 Å². The van der Waals surface area contributed by atoms with Gasteiger partial charge in [0.2, 0.25) is 0 Å². The smallest absolute Gasteiger partial charge is 0.297 e. The molecule has 100 valence electrons. The number of hydrogen-bond acceptors (Lipinski definition) is 5. The summed E-state index contributed by atoms with van der Waals surface area (Å²) >= 11 is 0. The van der Waals surface area contributed by atoms with E-state index in [0.29, 0.717) is 17.6 Å². The zero-order chi connectivity index (χ0) is 12.6. The number of aliphatic hydroxyl groups is 2. The monoisotopic (exact) mass is 252 g/mol. The summed E-state index contributed by atoms with van der Waals surface area (Å²) < 4.78 is 5.38. The average Bonchev–Trinajstić information content (AvgIpc) is 2.86. The van der Waals surface area contributed by atoms with Crippen molar-refractivity contribution in [1.82, 2.24) is 4.98 Å². The number of rotatable bonds is 2. The van der Waals surface area contributed by atoms with Gasteiger partial charge in [0.25, 0.3) is 6.01 Å². The number of anilines is 1. The number of fused-ring (bicyclic) bond motifs is 1. The highest BCUT2D eigenvalue weighted by molar-refractivity contribution is 5.29. The Balaban J connectivity index is 1.73. The number of aliphatic hydroxyl groups excluding tert-OH is 1. The van der Waals surface area contributed by atoms with Gasteiger partial charge in [-0.25, -0.2) is 0 Å². The molecule has 2 heterocycles. The van der Waals surface area contributed by atoms with E-state index in [1.165, 1.54) is 12.7 Å². The molecule has 0 spiro atoms. The first-order chi connectivity index (χ1) is 8.71. The summed E-state index contributed by atoms with van der Waals surface area (Å²) in [5, 5.41) is 19.6. The van der Waals surface area contributed by atoms with Gasteiger partial charge in [0.15, 0.2) is 0 Å². The number of oxazole rings is 1. The molecule has 0 bridgehead atoms. The van der Waals surface area contributed by atoms with E-state index in [9.17, 15) is 5.11 Å². The molecule has 2 fully saturated rings. The van der Waals surface area contributed by atoms with Gasteiger partial charge in [-0.15, -0.1) is 0 Å². The van der Waals surface area contributed by atoms with Gasteiger partial charge < -0.3 is 19.5 Å². The fourth-order valence-electron chi connectivity index (χ4n) is 3.26. The van der Waals surface area contributed by atoms with Crippen LogP contribution in [0.2, 0.25) is 0 Å². The van der Waals surface area contributed by atoms with Gasteiger partial charge in [-0.2, -0.15) is 4.98 Å². The van der Waals surface area contributed by atoms with Crippen molar-refractivity contribution in [3.63, 3.8) is 0 Å². The quantitative estimate of drug-likeness (QED) is 0.830. The Morgan fingerprint density at radius 1 is 1.44 bits per heavy atom. The number of aromatic nitrogens is 1. The summed E-state index contributed by atoms with van der Waals surface area (Å²) in [7, 11) is 0. The second-order valence-electron chi connectivity index (χ2n) is 5.52. The summed E-state index contributed by atoms with van der Waals surface area (Å²) in [6.45, 7) is 1.49. The highest BCUT2D eigenvalue weighted by Gasteiger charge is 2.43. The second kappa shape index (κ2) is 4.55. The van der Waals surface area contributed by atoms with E-state index in [1.807, 2.05) is 0 Å². The van der Waals surface area contributed by atoms with Crippen molar-refractivity contribution in [3.05, 3.63) is 12.0 Å². The minimum atomic E-state index is -0.471. The SMILES string of the molecule is OCc1coc(N2CCC3(O)CCCCC3C2)n1. The van der Waals surface area contributed by atoms with Crippen LogP contribution < -0.4 is 4.90 Å². The normalized spacial score (nSPS) is 32.3. The van der Waals surface area contributed by atoms with Crippen LogP contribution in [0.5, 0.6) is 0 Å². The summed E-state index contributed by atoms with van der Waals surface area (Å²) in [6.07, 6.45) is 6.64. The maximum atomic E-state index is 10.6. The summed E-state index contributed by atoms with van der Waals surface area (Å²) in [6, 6.07) is 0.576. The molecule has 5 nitrogen and oxygen atoms in total. The Morgan fingerprint density at radius 2 is 2.33 bits per heavy atom. The number of hydrogen-bond donors (Lipinski definition) is 2.